The fourth-order valence-electron chi connectivity index (χ4n) is 3.76. The topological polar surface area (TPSA) is 34.6 Å². The first kappa shape index (κ1) is 17.7. The van der Waals surface area contributed by atoms with Gasteiger partial charge in [0.1, 0.15) is 11.9 Å². The number of nitrogens with zero attached hydrogens (tertiary/aromatic N) is 2. The summed E-state index contributed by atoms with van der Waals surface area (Å²) in [5, 5.41) is 0. The van der Waals surface area contributed by atoms with Crippen molar-refractivity contribution in [1.82, 2.24) is 9.88 Å². The zero-order valence-corrected chi connectivity index (χ0v) is 16.3. The lowest BCUT2D eigenvalue weighted by Crippen LogP contribution is -2.39. The number of benzene rings is 1. The highest BCUT2D eigenvalue weighted by molar-refractivity contribution is 7.98. The molecule has 1 saturated heterocycles. The van der Waals surface area contributed by atoms with Crippen LogP contribution in [0.2, 0.25) is 0 Å². The van der Waals surface area contributed by atoms with Crippen LogP contribution in [-0.4, -0.2) is 41.9 Å². The summed E-state index contributed by atoms with van der Waals surface area (Å²) in [4.78, 5) is 8.12. The van der Waals surface area contributed by atoms with Crippen molar-refractivity contribution in [2.75, 3.05) is 26.0 Å². The number of hydrogen-bond acceptors (Lipinski definition) is 5. The molecular weight excluding hydrogens is 344 g/mol. The van der Waals surface area contributed by atoms with E-state index in [9.17, 15) is 0 Å². The summed E-state index contributed by atoms with van der Waals surface area (Å²) in [5.74, 6) is 1.82. The van der Waals surface area contributed by atoms with Gasteiger partial charge in [-0.05, 0) is 49.3 Å². The van der Waals surface area contributed by atoms with Crippen LogP contribution in [0, 0.1) is 0 Å². The second kappa shape index (κ2) is 7.89. The van der Waals surface area contributed by atoms with Crippen LogP contribution in [0.5, 0.6) is 11.6 Å². The van der Waals surface area contributed by atoms with E-state index in [0.717, 1.165) is 50.6 Å². The first-order chi connectivity index (χ1) is 12.7. The Labute approximate surface area is 159 Å². The Hall–Kier alpha value is -1.72. The van der Waals surface area contributed by atoms with Crippen molar-refractivity contribution in [3.05, 3.63) is 47.7 Å². The van der Waals surface area contributed by atoms with E-state index >= 15 is 0 Å². The largest absolute Gasteiger partial charge is 0.493 e. The molecule has 4 rings (SSSR count). The maximum atomic E-state index is 6.08. The van der Waals surface area contributed by atoms with E-state index in [1.54, 1.807) is 11.8 Å². The number of pyridine rings is 1. The van der Waals surface area contributed by atoms with Gasteiger partial charge in [0, 0.05) is 42.7 Å². The van der Waals surface area contributed by atoms with Gasteiger partial charge in [-0.1, -0.05) is 12.1 Å². The Kier molecular flexibility index (Phi) is 5.36. The van der Waals surface area contributed by atoms with Crippen molar-refractivity contribution in [2.24, 2.45) is 0 Å². The molecule has 0 N–H and O–H groups in total. The van der Waals surface area contributed by atoms with Crippen molar-refractivity contribution in [1.29, 1.82) is 0 Å². The highest BCUT2D eigenvalue weighted by Crippen LogP contribution is 2.32. The van der Waals surface area contributed by atoms with Crippen molar-refractivity contribution in [2.45, 2.75) is 43.2 Å². The van der Waals surface area contributed by atoms with E-state index in [0.29, 0.717) is 6.04 Å². The number of aromatic nitrogens is 1. The van der Waals surface area contributed by atoms with E-state index in [4.69, 9.17) is 9.47 Å². The van der Waals surface area contributed by atoms with Gasteiger partial charge < -0.3 is 9.47 Å². The molecule has 0 spiro atoms. The van der Waals surface area contributed by atoms with Gasteiger partial charge in [-0.25, -0.2) is 4.98 Å². The van der Waals surface area contributed by atoms with E-state index in [2.05, 4.69) is 47.3 Å². The average Bonchev–Trinajstić information content (AvgIpc) is 3.16. The number of rotatable bonds is 5. The number of piperidine rings is 1. The van der Waals surface area contributed by atoms with Crippen molar-refractivity contribution in [3.8, 4) is 11.6 Å². The maximum absolute atomic E-state index is 6.08. The Morgan fingerprint density at radius 1 is 1.23 bits per heavy atom. The molecule has 1 fully saturated rings. The molecule has 138 valence electrons. The summed E-state index contributed by atoms with van der Waals surface area (Å²) in [7, 11) is 0. The molecule has 1 unspecified atom stereocenters. The summed E-state index contributed by atoms with van der Waals surface area (Å²) in [6, 6.07) is 11.2. The number of likely N-dealkylation sites (tertiary alicyclic amines) is 1. The SMILES string of the molecule is CSc1ccc(OC2CCN(C(C)c3ccc4c(c3)OCC4)CC2)nc1. The minimum Gasteiger partial charge on any atom is -0.493 e. The zero-order valence-electron chi connectivity index (χ0n) is 15.5. The van der Waals surface area contributed by atoms with Gasteiger partial charge in [0.25, 0.3) is 0 Å². The molecule has 3 heterocycles. The van der Waals surface area contributed by atoms with Crippen LogP contribution in [-0.2, 0) is 6.42 Å². The minimum absolute atomic E-state index is 0.259. The fourth-order valence-corrected chi connectivity index (χ4v) is 4.12. The van der Waals surface area contributed by atoms with Gasteiger partial charge in [0.2, 0.25) is 5.88 Å². The molecule has 1 atom stereocenters. The highest BCUT2D eigenvalue weighted by Gasteiger charge is 2.25. The van der Waals surface area contributed by atoms with Gasteiger partial charge >= 0.3 is 0 Å². The van der Waals surface area contributed by atoms with Crippen molar-refractivity contribution >= 4 is 11.8 Å². The van der Waals surface area contributed by atoms with E-state index < -0.39 is 0 Å². The standard InChI is InChI=1S/C21H26N2O2S/c1-15(17-4-3-16-9-12-24-20(16)13-17)23-10-7-18(8-11-23)25-21-6-5-19(26-2)14-22-21/h3-6,13-15,18H,7-12H2,1-2H3. The van der Waals surface area contributed by atoms with Gasteiger partial charge in [-0.3, -0.25) is 4.90 Å². The van der Waals surface area contributed by atoms with Crippen LogP contribution >= 0.6 is 11.8 Å². The fraction of sp³-hybridized carbons (Fsp3) is 0.476. The van der Waals surface area contributed by atoms with Crippen LogP contribution < -0.4 is 9.47 Å². The molecule has 2 aliphatic rings. The molecule has 0 radical (unpaired) electrons. The third-order valence-corrected chi connectivity index (χ3v) is 6.17. The lowest BCUT2D eigenvalue weighted by Gasteiger charge is -2.36. The second-order valence-electron chi connectivity index (χ2n) is 7.03. The quantitative estimate of drug-likeness (QED) is 0.732. The van der Waals surface area contributed by atoms with Crippen molar-refractivity contribution < 1.29 is 9.47 Å². The molecule has 1 aromatic heterocycles. The molecule has 0 saturated carbocycles. The predicted octanol–water partition coefficient (Wildman–Crippen LogP) is 4.34. The monoisotopic (exact) mass is 370 g/mol. The molecule has 0 aliphatic carbocycles. The Bertz CT molecular complexity index is 742. The summed E-state index contributed by atoms with van der Waals surface area (Å²) >= 11 is 1.70. The predicted molar refractivity (Wildman–Crippen MR) is 105 cm³/mol. The first-order valence-electron chi connectivity index (χ1n) is 9.39. The Morgan fingerprint density at radius 3 is 2.81 bits per heavy atom. The third-order valence-electron chi connectivity index (χ3n) is 5.46. The smallest absolute Gasteiger partial charge is 0.213 e. The third kappa shape index (κ3) is 3.84. The van der Waals surface area contributed by atoms with Gasteiger partial charge in [0.15, 0.2) is 0 Å². The maximum Gasteiger partial charge on any atom is 0.213 e. The van der Waals surface area contributed by atoms with Crippen molar-refractivity contribution in [3.63, 3.8) is 0 Å². The molecular formula is C21H26N2O2S. The van der Waals surface area contributed by atoms with Crippen LogP contribution in [0.4, 0.5) is 0 Å². The lowest BCUT2D eigenvalue weighted by molar-refractivity contribution is 0.0767. The minimum atomic E-state index is 0.259. The molecule has 4 nitrogen and oxygen atoms in total. The van der Waals surface area contributed by atoms with Crippen LogP contribution in [0.3, 0.4) is 0 Å². The normalized spacial score (nSPS) is 19.0. The molecule has 1 aromatic carbocycles. The summed E-state index contributed by atoms with van der Waals surface area (Å²) in [6.07, 6.45) is 7.32. The van der Waals surface area contributed by atoms with Crippen LogP contribution in [0.25, 0.3) is 0 Å². The zero-order chi connectivity index (χ0) is 17.9. The second-order valence-corrected chi connectivity index (χ2v) is 7.91. The Balaban J connectivity index is 1.32. The molecule has 26 heavy (non-hydrogen) atoms. The number of thioether (sulfide) groups is 1. The number of fused-ring (bicyclic) bond motifs is 1. The van der Waals surface area contributed by atoms with Crippen LogP contribution in [0.15, 0.2) is 41.4 Å². The molecule has 2 aliphatic heterocycles. The molecule has 0 bridgehead atoms. The average molecular weight is 371 g/mol. The Morgan fingerprint density at radius 2 is 2.08 bits per heavy atom. The van der Waals surface area contributed by atoms with E-state index in [1.165, 1.54) is 16.0 Å². The summed E-state index contributed by atoms with van der Waals surface area (Å²) < 4.78 is 11.8. The number of ether oxygens (including phenoxy) is 2. The highest BCUT2D eigenvalue weighted by atomic mass is 32.2. The number of hydrogen-bond donors (Lipinski definition) is 0. The molecule has 0 amide bonds. The van der Waals surface area contributed by atoms with E-state index in [-0.39, 0.29) is 6.10 Å². The first-order valence-corrected chi connectivity index (χ1v) is 10.6. The summed E-state index contributed by atoms with van der Waals surface area (Å²) in [6.45, 7) is 5.21. The summed E-state index contributed by atoms with van der Waals surface area (Å²) in [5.41, 5.74) is 2.69. The van der Waals surface area contributed by atoms with Crippen LogP contribution in [0.1, 0.15) is 36.9 Å². The van der Waals surface area contributed by atoms with E-state index in [1.807, 2.05) is 12.3 Å². The van der Waals surface area contributed by atoms with Gasteiger partial charge in [-0.2, -0.15) is 0 Å². The van der Waals surface area contributed by atoms with Gasteiger partial charge in [0.05, 0.1) is 6.61 Å². The molecule has 2 aromatic rings. The molecule has 5 heteroatoms. The van der Waals surface area contributed by atoms with Gasteiger partial charge in [-0.15, -0.1) is 11.8 Å². The lowest BCUT2D eigenvalue weighted by atomic mass is 10.00.